The van der Waals surface area contributed by atoms with Gasteiger partial charge >= 0.3 is 0 Å². The van der Waals surface area contributed by atoms with Crippen molar-refractivity contribution in [2.24, 2.45) is 0 Å². The first-order chi connectivity index (χ1) is 9.00. The molecule has 1 aliphatic rings. The lowest BCUT2D eigenvalue weighted by Crippen LogP contribution is -2.31. The molecule has 0 radical (unpaired) electrons. The smallest absolute Gasteiger partial charge is 0.280 e. The topological polar surface area (TPSA) is 70.5 Å². The van der Waals surface area contributed by atoms with Crippen LogP contribution in [0.3, 0.4) is 0 Å². The van der Waals surface area contributed by atoms with Crippen LogP contribution < -0.4 is 0 Å². The molecule has 2 heterocycles. The second-order valence-electron chi connectivity index (χ2n) is 4.40. The van der Waals surface area contributed by atoms with E-state index < -0.39 is 0 Å². The second-order valence-corrected chi connectivity index (χ2v) is 6.40. The average molecular weight is 279 g/mol. The Kier molecular flexibility index (Phi) is 3.90. The van der Waals surface area contributed by atoms with E-state index in [4.69, 9.17) is 0 Å². The van der Waals surface area contributed by atoms with Crippen molar-refractivity contribution in [3.63, 3.8) is 0 Å². The first kappa shape index (κ1) is 13.6. The molecule has 0 saturated carbocycles. The van der Waals surface area contributed by atoms with E-state index in [2.05, 4.69) is 4.98 Å². The van der Waals surface area contributed by atoms with Crippen LogP contribution in [-0.2, 0) is 10.9 Å². The maximum Gasteiger partial charge on any atom is 0.280 e. The van der Waals surface area contributed by atoms with Gasteiger partial charge in [0, 0.05) is 30.1 Å². The molecule has 0 unspecified atom stereocenters. The summed E-state index contributed by atoms with van der Waals surface area (Å²) in [6, 6.07) is 3.22. The van der Waals surface area contributed by atoms with Crippen molar-refractivity contribution in [3.8, 4) is 0 Å². The predicted molar refractivity (Wildman–Crippen MR) is 74.1 cm³/mol. The van der Waals surface area contributed by atoms with Gasteiger partial charge in [-0.05, 0) is 12.1 Å². The third-order valence-electron chi connectivity index (χ3n) is 2.69. The van der Waals surface area contributed by atoms with E-state index in [0.29, 0.717) is 5.56 Å². The van der Waals surface area contributed by atoms with Crippen LogP contribution in [0.25, 0.3) is 0 Å². The highest BCUT2D eigenvalue weighted by Crippen LogP contribution is 2.21. The quantitative estimate of drug-likeness (QED) is 0.513. The van der Waals surface area contributed by atoms with Gasteiger partial charge in [-0.2, -0.15) is 0 Å². The number of aromatic nitrogens is 1. The van der Waals surface area contributed by atoms with Crippen LogP contribution in [0, 0.1) is 0 Å². The molecule has 1 aliphatic heterocycles. The first-order valence-corrected chi connectivity index (χ1v) is 7.88. The van der Waals surface area contributed by atoms with Crippen LogP contribution in [0.5, 0.6) is 0 Å². The lowest BCUT2D eigenvalue weighted by atomic mass is 10.2. The van der Waals surface area contributed by atoms with Gasteiger partial charge in [-0.1, -0.05) is 0 Å². The zero-order valence-corrected chi connectivity index (χ0v) is 11.6. The molecule has 0 saturated heterocycles. The molecule has 0 aliphatic carbocycles. The minimum absolute atomic E-state index is 0.0189. The van der Waals surface area contributed by atoms with E-state index in [9.17, 15) is 14.7 Å². The number of aliphatic hydroxyl groups is 1. The van der Waals surface area contributed by atoms with E-state index in [1.54, 1.807) is 17.5 Å². The van der Waals surface area contributed by atoms with Gasteiger partial charge in [0.2, 0.25) is 0 Å². The number of carbonyl (C=O) groups excluding carboxylic acids is 2. The van der Waals surface area contributed by atoms with Crippen molar-refractivity contribution in [1.82, 2.24) is 9.88 Å². The summed E-state index contributed by atoms with van der Waals surface area (Å²) in [5, 5.41) is 11.4. The predicted octanol–water partition coefficient (Wildman–Crippen LogP) is 1.34. The number of amides is 2. The van der Waals surface area contributed by atoms with Crippen LogP contribution in [0.15, 0.2) is 29.5 Å². The Hall–Kier alpha value is -1.82. The fraction of sp³-hybridized carbons (Fsp3) is 0.308. The number of imide groups is 1. The molecule has 19 heavy (non-hydrogen) atoms. The number of fused-ring (bicyclic) bond motifs is 1. The zero-order valence-electron chi connectivity index (χ0n) is 10.8. The first-order valence-electron chi connectivity index (χ1n) is 5.78. The highest BCUT2D eigenvalue weighted by atomic mass is 32.2. The summed E-state index contributed by atoms with van der Waals surface area (Å²) in [5.74, 6) is -0.522. The number of rotatable bonds is 4. The molecule has 1 aromatic rings. The number of hydrogen-bond acceptors (Lipinski definition) is 4. The monoisotopic (exact) mass is 279 g/mol. The van der Waals surface area contributed by atoms with E-state index in [-0.39, 0.29) is 47.1 Å². The standard InChI is InChI=1S/C13H14N2O3S/c1-19(2)8-9(16)5-7-15-12(17)10-4-3-6-14-11(10)13(15)18/h3-4,6,8H,5,7H2,1-2H3/p+1/b9-8-. The fourth-order valence-electron chi connectivity index (χ4n) is 1.87. The summed E-state index contributed by atoms with van der Waals surface area (Å²) in [6.45, 7) is 0.174. The molecular weight excluding hydrogens is 264 g/mol. The van der Waals surface area contributed by atoms with Crippen molar-refractivity contribution in [1.29, 1.82) is 0 Å². The maximum absolute atomic E-state index is 12.0. The lowest BCUT2D eigenvalue weighted by molar-refractivity contribution is 0.0651. The fourth-order valence-corrected chi connectivity index (χ4v) is 2.54. The van der Waals surface area contributed by atoms with Gasteiger partial charge in [-0.25, -0.2) is 0 Å². The third kappa shape index (κ3) is 2.78. The molecule has 1 N–H and O–H groups in total. The summed E-state index contributed by atoms with van der Waals surface area (Å²) in [7, 11) is -0.0189. The molecule has 0 aromatic carbocycles. The van der Waals surface area contributed by atoms with Crippen molar-refractivity contribution >= 4 is 22.7 Å². The largest absolute Gasteiger partial charge is 0.508 e. The van der Waals surface area contributed by atoms with Crippen LogP contribution in [-0.4, -0.2) is 45.9 Å². The second kappa shape index (κ2) is 5.44. The molecule has 6 heteroatoms. The van der Waals surface area contributed by atoms with E-state index in [1.165, 1.54) is 6.20 Å². The van der Waals surface area contributed by atoms with Crippen LogP contribution in [0.2, 0.25) is 0 Å². The number of hydrogen-bond donors (Lipinski definition) is 1. The summed E-state index contributed by atoms with van der Waals surface area (Å²) < 4.78 is 0. The normalized spacial score (nSPS) is 15.3. The highest BCUT2D eigenvalue weighted by Gasteiger charge is 2.36. The summed E-state index contributed by atoms with van der Waals surface area (Å²) in [6.07, 6.45) is 5.71. The Morgan fingerprint density at radius 2 is 2.16 bits per heavy atom. The number of carbonyl (C=O) groups is 2. The molecule has 0 fully saturated rings. The molecule has 2 amide bonds. The molecule has 5 nitrogen and oxygen atoms in total. The molecular formula is C13H15N2O3S+. The van der Waals surface area contributed by atoms with Gasteiger partial charge in [-0.3, -0.25) is 19.5 Å². The van der Waals surface area contributed by atoms with Crippen LogP contribution >= 0.6 is 0 Å². The Bertz CT molecular complexity index is 520. The van der Waals surface area contributed by atoms with E-state index in [0.717, 1.165) is 4.90 Å². The Morgan fingerprint density at radius 1 is 1.42 bits per heavy atom. The minimum Gasteiger partial charge on any atom is -0.508 e. The van der Waals surface area contributed by atoms with Gasteiger partial charge in [0.25, 0.3) is 11.8 Å². The summed E-state index contributed by atoms with van der Waals surface area (Å²) in [4.78, 5) is 29.1. The van der Waals surface area contributed by atoms with E-state index in [1.807, 2.05) is 12.5 Å². The lowest BCUT2D eigenvalue weighted by Gasteiger charge is -2.12. The SMILES string of the molecule is C[S+](C)/C=C(\O)CCN1C(=O)c2cccnc2C1=O. The number of aliphatic hydroxyl groups excluding tert-OH is 1. The molecule has 0 bridgehead atoms. The van der Waals surface area contributed by atoms with Crippen LogP contribution in [0.4, 0.5) is 0 Å². The van der Waals surface area contributed by atoms with Gasteiger partial charge in [0.05, 0.1) is 5.56 Å². The van der Waals surface area contributed by atoms with Gasteiger partial charge in [-0.15, -0.1) is 0 Å². The zero-order chi connectivity index (χ0) is 14.0. The van der Waals surface area contributed by atoms with E-state index >= 15 is 0 Å². The molecule has 100 valence electrons. The molecule has 1 aromatic heterocycles. The molecule has 0 spiro atoms. The third-order valence-corrected chi connectivity index (χ3v) is 3.44. The van der Waals surface area contributed by atoms with Gasteiger partial charge in [0.15, 0.2) is 5.41 Å². The highest BCUT2D eigenvalue weighted by molar-refractivity contribution is 7.98. The number of nitrogens with zero attached hydrogens (tertiary/aromatic N) is 2. The maximum atomic E-state index is 12.0. The van der Waals surface area contributed by atoms with Crippen LogP contribution in [0.1, 0.15) is 27.3 Å². The Labute approximate surface area is 114 Å². The van der Waals surface area contributed by atoms with Gasteiger partial charge < -0.3 is 5.11 Å². The molecule has 0 atom stereocenters. The van der Waals surface area contributed by atoms with Crippen molar-refractivity contribution in [2.45, 2.75) is 6.42 Å². The Balaban J connectivity index is 2.09. The minimum atomic E-state index is -0.389. The summed E-state index contributed by atoms with van der Waals surface area (Å²) in [5.41, 5.74) is 0.531. The van der Waals surface area contributed by atoms with Crippen molar-refractivity contribution < 1.29 is 14.7 Å². The molecule has 2 rings (SSSR count). The Morgan fingerprint density at radius 3 is 2.79 bits per heavy atom. The van der Waals surface area contributed by atoms with Crippen molar-refractivity contribution in [2.75, 3.05) is 19.1 Å². The number of pyridine rings is 1. The van der Waals surface area contributed by atoms with Crippen molar-refractivity contribution in [3.05, 3.63) is 40.8 Å². The average Bonchev–Trinajstić information content (AvgIpc) is 2.60. The summed E-state index contributed by atoms with van der Waals surface area (Å²) >= 11 is 0. The van der Waals surface area contributed by atoms with Gasteiger partial charge in [0.1, 0.15) is 24.0 Å².